The van der Waals surface area contributed by atoms with Crippen LogP contribution >= 0.6 is 0 Å². The average molecular weight is 280 g/mol. The standard InChI is InChI=1S/C11H12N4O5/c16-7-2-1-6(10(19)14-7)13-8(17)3-5-4-9(18)15-11(20)12-5/h4,6H,1-3H2,(H,13,17)(H,14,16,19)(H2,12,15,18,20). The van der Waals surface area contributed by atoms with Gasteiger partial charge in [-0.05, 0) is 6.42 Å². The van der Waals surface area contributed by atoms with Crippen LogP contribution in [0.15, 0.2) is 15.7 Å². The number of rotatable bonds is 3. The van der Waals surface area contributed by atoms with Gasteiger partial charge in [-0.3, -0.25) is 29.5 Å². The number of H-pyrrole nitrogens is 2. The molecule has 3 amide bonds. The number of aromatic nitrogens is 2. The SMILES string of the molecule is O=C1CCC(NC(=O)Cc2cc(=O)[nH]c(=O)[nH]2)C(=O)N1. The van der Waals surface area contributed by atoms with Gasteiger partial charge in [-0.15, -0.1) is 0 Å². The van der Waals surface area contributed by atoms with Gasteiger partial charge in [0.25, 0.3) is 5.56 Å². The zero-order valence-corrected chi connectivity index (χ0v) is 10.3. The summed E-state index contributed by atoms with van der Waals surface area (Å²) >= 11 is 0. The van der Waals surface area contributed by atoms with Gasteiger partial charge < -0.3 is 10.3 Å². The minimum Gasteiger partial charge on any atom is -0.344 e. The fraction of sp³-hybridized carbons (Fsp3) is 0.364. The lowest BCUT2D eigenvalue weighted by atomic mass is 10.1. The summed E-state index contributed by atoms with van der Waals surface area (Å²) < 4.78 is 0. The first kappa shape index (κ1) is 13.7. The summed E-state index contributed by atoms with van der Waals surface area (Å²) in [6, 6.07) is 0.305. The molecule has 2 rings (SSSR count). The Balaban J connectivity index is 1.99. The van der Waals surface area contributed by atoms with E-state index in [1.165, 1.54) is 0 Å². The summed E-state index contributed by atoms with van der Waals surface area (Å²) in [6.45, 7) is 0. The second kappa shape index (κ2) is 5.51. The number of hydrogen-bond donors (Lipinski definition) is 4. The van der Waals surface area contributed by atoms with Crippen LogP contribution in [0, 0.1) is 0 Å². The smallest absolute Gasteiger partial charge is 0.325 e. The normalized spacial score (nSPS) is 18.5. The Morgan fingerprint density at radius 3 is 2.65 bits per heavy atom. The predicted molar refractivity (Wildman–Crippen MR) is 65.7 cm³/mol. The molecule has 1 aromatic rings. The molecule has 1 unspecified atom stereocenters. The molecule has 9 nitrogen and oxygen atoms in total. The molecule has 106 valence electrons. The largest absolute Gasteiger partial charge is 0.344 e. The van der Waals surface area contributed by atoms with E-state index in [9.17, 15) is 24.0 Å². The number of imide groups is 1. The van der Waals surface area contributed by atoms with Crippen molar-refractivity contribution < 1.29 is 14.4 Å². The minimum absolute atomic E-state index is 0.142. The zero-order chi connectivity index (χ0) is 14.7. The Labute approximate surface area is 111 Å². The van der Waals surface area contributed by atoms with Crippen molar-refractivity contribution in [1.82, 2.24) is 20.6 Å². The van der Waals surface area contributed by atoms with E-state index >= 15 is 0 Å². The molecule has 1 saturated heterocycles. The van der Waals surface area contributed by atoms with Gasteiger partial charge in [0.15, 0.2) is 0 Å². The number of piperidine rings is 1. The van der Waals surface area contributed by atoms with Crippen molar-refractivity contribution >= 4 is 17.7 Å². The van der Waals surface area contributed by atoms with E-state index in [1.807, 2.05) is 4.98 Å². The molecule has 2 heterocycles. The third kappa shape index (κ3) is 3.40. The van der Waals surface area contributed by atoms with Gasteiger partial charge in [-0.25, -0.2) is 4.79 Å². The fourth-order valence-electron chi connectivity index (χ4n) is 1.86. The van der Waals surface area contributed by atoms with E-state index in [4.69, 9.17) is 0 Å². The van der Waals surface area contributed by atoms with Crippen molar-refractivity contribution in [2.75, 3.05) is 0 Å². The van der Waals surface area contributed by atoms with E-state index in [0.29, 0.717) is 0 Å². The van der Waals surface area contributed by atoms with Crippen molar-refractivity contribution in [3.8, 4) is 0 Å². The van der Waals surface area contributed by atoms with Crippen molar-refractivity contribution in [2.45, 2.75) is 25.3 Å². The number of nitrogens with one attached hydrogen (secondary N) is 4. The molecule has 0 spiro atoms. The molecule has 9 heteroatoms. The van der Waals surface area contributed by atoms with Crippen molar-refractivity contribution in [3.63, 3.8) is 0 Å². The molecule has 0 aliphatic carbocycles. The van der Waals surface area contributed by atoms with Crippen molar-refractivity contribution in [1.29, 1.82) is 0 Å². The zero-order valence-electron chi connectivity index (χ0n) is 10.3. The molecular weight excluding hydrogens is 268 g/mol. The molecule has 0 radical (unpaired) electrons. The van der Waals surface area contributed by atoms with Gasteiger partial charge in [0.2, 0.25) is 17.7 Å². The van der Waals surface area contributed by atoms with E-state index in [0.717, 1.165) is 6.07 Å². The molecule has 0 saturated carbocycles. The van der Waals surface area contributed by atoms with E-state index in [-0.39, 0.29) is 30.9 Å². The molecule has 1 aromatic heterocycles. The lowest BCUT2D eigenvalue weighted by Crippen LogP contribution is -2.52. The van der Waals surface area contributed by atoms with Crippen molar-refractivity contribution in [3.05, 3.63) is 32.6 Å². The summed E-state index contributed by atoms with van der Waals surface area (Å²) in [4.78, 5) is 60.5. The van der Waals surface area contributed by atoms with Crippen LogP contribution in [-0.4, -0.2) is 33.7 Å². The Morgan fingerprint density at radius 2 is 2.00 bits per heavy atom. The van der Waals surface area contributed by atoms with Crippen LogP contribution in [0.2, 0.25) is 0 Å². The Kier molecular flexibility index (Phi) is 3.78. The van der Waals surface area contributed by atoms with Crippen molar-refractivity contribution in [2.24, 2.45) is 0 Å². The topological polar surface area (TPSA) is 141 Å². The number of carbonyl (C=O) groups is 3. The summed E-state index contributed by atoms with van der Waals surface area (Å²) in [5.74, 6) is -1.46. The third-order valence-corrected chi connectivity index (χ3v) is 2.74. The molecule has 1 aliphatic heterocycles. The van der Waals surface area contributed by atoms with E-state index in [1.54, 1.807) is 0 Å². The van der Waals surface area contributed by atoms with Crippen LogP contribution in [0.5, 0.6) is 0 Å². The number of carbonyl (C=O) groups excluding carboxylic acids is 3. The molecule has 1 atom stereocenters. The highest BCUT2D eigenvalue weighted by Crippen LogP contribution is 2.04. The maximum absolute atomic E-state index is 11.7. The summed E-state index contributed by atoms with van der Waals surface area (Å²) in [7, 11) is 0. The monoisotopic (exact) mass is 280 g/mol. The van der Waals surface area contributed by atoms with Gasteiger partial charge in [-0.1, -0.05) is 0 Å². The first-order chi connectivity index (χ1) is 9.44. The Bertz CT molecular complexity index is 646. The number of hydrogen-bond acceptors (Lipinski definition) is 5. The number of amides is 3. The van der Waals surface area contributed by atoms with Crippen LogP contribution in [-0.2, 0) is 20.8 Å². The van der Waals surface area contributed by atoms with E-state index in [2.05, 4.69) is 15.6 Å². The molecule has 1 aliphatic rings. The molecule has 20 heavy (non-hydrogen) atoms. The van der Waals surface area contributed by atoms with Gasteiger partial charge in [-0.2, -0.15) is 0 Å². The molecule has 4 N–H and O–H groups in total. The first-order valence-electron chi connectivity index (χ1n) is 5.89. The maximum Gasteiger partial charge on any atom is 0.325 e. The quantitative estimate of drug-likeness (QED) is 0.454. The van der Waals surface area contributed by atoms with Gasteiger partial charge >= 0.3 is 5.69 Å². The lowest BCUT2D eigenvalue weighted by Gasteiger charge is -2.21. The maximum atomic E-state index is 11.7. The van der Waals surface area contributed by atoms with Gasteiger partial charge in [0.05, 0.1) is 6.42 Å². The number of aromatic amines is 2. The average Bonchev–Trinajstić information content (AvgIpc) is 2.31. The molecular formula is C11H12N4O5. The van der Waals surface area contributed by atoms with Crippen LogP contribution < -0.4 is 21.9 Å². The summed E-state index contributed by atoms with van der Waals surface area (Å²) in [6.07, 6.45) is 0.137. The van der Waals surface area contributed by atoms with Gasteiger partial charge in [0.1, 0.15) is 6.04 Å². The lowest BCUT2D eigenvalue weighted by molar-refractivity contribution is -0.137. The highest BCUT2D eigenvalue weighted by Gasteiger charge is 2.27. The summed E-state index contributed by atoms with van der Waals surface area (Å²) in [5, 5.41) is 4.55. The van der Waals surface area contributed by atoms with Crippen LogP contribution in [0.3, 0.4) is 0 Å². The second-order valence-corrected chi connectivity index (χ2v) is 4.36. The predicted octanol–water partition coefficient (Wildman–Crippen LogP) is -2.47. The molecule has 0 bridgehead atoms. The minimum atomic E-state index is -0.783. The third-order valence-electron chi connectivity index (χ3n) is 2.74. The van der Waals surface area contributed by atoms with Gasteiger partial charge in [0, 0.05) is 18.2 Å². The molecule has 1 fully saturated rings. The highest BCUT2D eigenvalue weighted by atomic mass is 16.2. The van der Waals surface area contributed by atoms with Crippen LogP contribution in [0.1, 0.15) is 18.5 Å². The fourth-order valence-corrected chi connectivity index (χ4v) is 1.86. The van der Waals surface area contributed by atoms with Crippen LogP contribution in [0.25, 0.3) is 0 Å². The van der Waals surface area contributed by atoms with Crippen LogP contribution in [0.4, 0.5) is 0 Å². The Morgan fingerprint density at radius 1 is 1.25 bits per heavy atom. The summed E-state index contributed by atoms with van der Waals surface area (Å²) in [5.41, 5.74) is -1.18. The second-order valence-electron chi connectivity index (χ2n) is 4.36. The van der Waals surface area contributed by atoms with E-state index < -0.39 is 29.1 Å². The molecule has 0 aromatic carbocycles. The highest BCUT2D eigenvalue weighted by molar-refractivity contribution is 6.01. The Hall–Kier alpha value is -2.71. The first-order valence-corrected chi connectivity index (χ1v) is 5.89.